The molecule has 1 aromatic rings. The van der Waals surface area contributed by atoms with Gasteiger partial charge >= 0.3 is 0 Å². The molecule has 0 bridgehead atoms. The lowest BCUT2D eigenvalue weighted by Crippen LogP contribution is -2.12. The van der Waals surface area contributed by atoms with Crippen LogP contribution in [0.15, 0.2) is 12.1 Å². The average molecular weight is 214 g/mol. The molecule has 0 saturated carbocycles. The SMILES string of the molecule is COc1ccc(F)c(CC(C)(C)C)c1F. The Balaban J connectivity index is 3.15. The summed E-state index contributed by atoms with van der Waals surface area (Å²) in [5, 5.41) is 0. The average Bonchev–Trinajstić information content (AvgIpc) is 2.11. The molecule has 0 saturated heterocycles. The van der Waals surface area contributed by atoms with Gasteiger partial charge in [0, 0.05) is 5.56 Å². The molecule has 0 aliphatic carbocycles. The van der Waals surface area contributed by atoms with E-state index in [-0.39, 0.29) is 16.7 Å². The minimum atomic E-state index is -0.590. The first-order valence-corrected chi connectivity index (χ1v) is 4.86. The zero-order chi connectivity index (χ0) is 11.6. The van der Waals surface area contributed by atoms with Gasteiger partial charge < -0.3 is 4.74 Å². The van der Waals surface area contributed by atoms with Gasteiger partial charge in [0.05, 0.1) is 7.11 Å². The predicted octanol–water partition coefficient (Wildman–Crippen LogP) is 3.56. The molecule has 0 unspecified atom stereocenters. The van der Waals surface area contributed by atoms with Crippen LogP contribution >= 0.6 is 0 Å². The normalized spacial score (nSPS) is 11.6. The van der Waals surface area contributed by atoms with Crippen molar-refractivity contribution in [2.75, 3.05) is 7.11 Å². The Labute approximate surface area is 89.1 Å². The Kier molecular flexibility index (Phi) is 3.32. The Morgan fingerprint density at radius 2 is 1.80 bits per heavy atom. The summed E-state index contributed by atoms with van der Waals surface area (Å²) in [7, 11) is 1.37. The number of halogens is 2. The van der Waals surface area contributed by atoms with E-state index in [1.165, 1.54) is 19.2 Å². The van der Waals surface area contributed by atoms with Gasteiger partial charge in [0.25, 0.3) is 0 Å². The third-order valence-corrected chi connectivity index (χ3v) is 2.08. The Bertz CT molecular complexity index is 353. The van der Waals surface area contributed by atoms with E-state index >= 15 is 0 Å². The van der Waals surface area contributed by atoms with Crippen LogP contribution in [0.1, 0.15) is 26.3 Å². The molecule has 0 N–H and O–H groups in total. The molecule has 0 fully saturated rings. The fraction of sp³-hybridized carbons (Fsp3) is 0.500. The van der Waals surface area contributed by atoms with Crippen LogP contribution in [0.25, 0.3) is 0 Å². The van der Waals surface area contributed by atoms with Gasteiger partial charge in [-0.2, -0.15) is 0 Å². The van der Waals surface area contributed by atoms with E-state index in [4.69, 9.17) is 4.74 Å². The van der Waals surface area contributed by atoms with Crippen LogP contribution in [-0.2, 0) is 6.42 Å². The molecule has 1 rings (SSSR count). The van der Waals surface area contributed by atoms with Gasteiger partial charge in [0.15, 0.2) is 11.6 Å². The Hall–Kier alpha value is -1.12. The van der Waals surface area contributed by atoms with E-state index in [0.29, 0.717) is 6.42 Å². The quantitative estimate of drug-likeness (QED) is 0.731. The van der Waals surface area contributed by atoms with Crippen molar-refractivity contribution in [2.45, 2.75) is 27.2 Å². The van der Waals surface area contributed by atoms with Gasteiger partial charge in [0.1, 0.15) is 5.82 Å². The molecule has 0 aliphatic rings. The van der Waals surface area contributed by atoms with Crippen LogP contribution in [0.2, 0.25) is 0 Å². The summed E-state index contributed by atoms with van der Waals surface area (Å²) in [6.07, 6.45) is 0.349. The maximum absolute atomic E-state index is 13.7. The van der Waals surface area contributed by atoms with Gasteiger partial charge in [-0.1, -0.05) is 20.8 Å². The highest BCUT2D eigenvalue weighted by Gasteiger charge is 2.20. The molecule has 15 heavy (non-hydrogen) atoms. The molecular weight excluding hydrogens is 198 g/mol. The van der Waals surface area contributed by atoms with Crippen molar-refractivity contribution < 1.29 is 13.5 Å². The van der Waals surface area contributed by atoms with E-state index in [0.717, 1.165) is 0 Å². The van der Waals surface area contributed by atoms with E-state index in [2.05, 4.69) is 0 Å². The summed E-state index contributed by atoms with van der Waals surface area (Å²) in [6.45, 7) is 5.81. The maximum atomic E-state index is 13.7. The van der Waals surface area contributed by atoms with Crippen molar-refractivity contribution in [2.24, 2.45) is 5.41 Å². The molecule has 1 nitrogen and oxygen atoms in total. The van der Waals surface area contributed by atoms with Gasteiger partial charge in [0.2, 0.25) is 0 Å². The lowest BCUT2D eigenvalue weighted by Gasteiger charge is -2.19. The van der Waals surface area contributed by atoms with E-state index in [9.17, 15) is 8.78 Å². The molecule has 1 aromatic carbocycles. The van der Waals surface area contributed by atoms with E-state index in [1.807, 2.05) is 20.8 Å². The van der Waals surface area contributed by atoms with Crippen molar-refractivity contribution in [1.29, 1.82) is 0 Å². The largest absolute Gasteiger partial charge is 0.494 e. The van der Waals surface area contributed by atoms with Crippen molar-refractivity contribution in [3.63, 3.8) is 0 Å². The van der Waals surface area contributed by atoms with Crippen LogP contribution in [0.4, 0.5) is 8.78 Å². The summed E-state index contributed by atoms with van der Waals surface area (Å²) < 4.78 is 31.9. The molecule has 0 aromatic heterocycles. The number of ether oxygens (including phenoxy) is 1. The van der Waals surface area contributed by atoms with Gasteiger partial charge in [-0.05, 0) is 24.0 Å². The van der Waals surface area contributed by atoms with Gasteiger partial charge in [-0.25, -0.2) is 8.78 Å². The predicted molar refractivity (Wildman–Crippen MR) is 56.1 cm³/mol. The topological polar surface area (TPSA) is 9.23 Å². The lowest BCUT2D eigenvalue weighted by atomic mass is 9.87. The molecule has 0 aliphatic heterocycles. The number of hydrogen-bond donors (Lipinski definition) is 0. The summed E-state index contributed by atoms with van der Waals surface area (Å²) in [5.74, 6) is -1.01. The Morgan fingerprint density at radius 1 is 1.20 bits per heavy atom. The highest BCUT2D eigenvalue weighted by Crippen LogP contribution is 2.29. The highest BCUT2D eigenvalue weighted by molar-refractivity contribution is 5.32. The standard InChI is InChI=1S/C12H16F2O/c1-12(2,3)7-8-9(13)5-6-10(15-4)11(8)14/h5-6H,7H2,1-4H3. The summed E-state index contributed by atoms with van der Waals surface area (Å²) in [4.78, 5) is 0. The molecule has 0 heterocycles. The summed E-state index contributed by atoms with van der Waals surface area (Å²) >= 11 is 0. The first-order valence-electron chi connectivity index (χ1n) is 4.86. The van der Waals surface area contributed by atoms with Crippen molar-refractivity contribution in [1.82, 2.24) is 0 Å². The van der Waals surface area contributed by atoms with Gasteiger partial charge in [-0.3, -0.25) is 0 Å². The number of rotatable bonds is 2. The second-order valence-corrected chi connectivity index (χ2v) is 4.78. The van der Waals surface area contributed by atoms with Gasteiger partial charge in [-0.15, -0.1) is 0 Å². The number of methoxy groups -OCH3 is 1. The van der Waals surface area contributed by atoms with Crippen LogP contribution in [0, 0.1) is 17.0 Å². The maximum Gasteiger partial charge on any atom is 0.171 e. The second-order valence-electron chi connectivity index (χ2n) is 4.78. The molecule has 84 valence electrons. The van der Waals surface area contributed by atoms with Crippen molar-refractivity contribution >= 4 is 0 Å². The molecule has 0 spiro atoms. The molecule has 3 heteroatoms. The van der Waals surface area contributed by atoms with Crippen molar-refractivity contribution in [3.8, 4) is 5.75 Å². The second kappa shape index (κ2) is 4.17. The molecular formula is C12H16F2O. The number of benzene rings is 1. The first-order chi connectivity index (χ1) is 6.85. The summed E-state index contributed by atoms with van der Waals surface area (Å²) in [5.41, 5.74) is -0.0598. The van der Waals surface area contributed by atoms with E-state index < -0.39 is 11.6 Å². The minimum Gasteiger partial charge on any atom is -0.494 e. The smallest absolute Gasteiger partial charge is 0.171 e. The molecule has 0 radical (unpaired) electrons. The third kappa shape index (κ3) is 2.91. The lowest BCUT2D eigenvalue weighted by molar-refractivity contribution is 0.362. The zero-order valence-corrected chi connectivity index (χ0v) is 9.53. The Morgan fingerprint density at radius 3 is 2.27 bits per heavy atom. The monoisotopic (exact) mass is 214 g/mol. The zero-order valence-electron chi connectivity index (χ0n) is 9.53. The summed E-state index contributed by atoms with van der Waals surface area (Å²) in [6, 6.07) is 2.54. The first kappa shape index (κ1) is 12.0. The number of hydrogen-bond acceptors (Lipinski definition) is 1. The van der Waals surface area contributed by atoms with Crippen LogP contribution in [-0.4, -0.2) is 7.11 Å². The fourth-order valence-electron chi connectivity index (χ4n) is 1.43. The minimum absolute atomic E-state index is 0.0932. The fourth-order valence-corrected chi connectivity index (χ4v) is 1.43. The molecule has 0 atom stereocenters. The van der Waals surface area contributed by atoms with E-state index in [1.54, 1.807) is 0 Å². The van der Waals surface area contributed by atoms with Crippen molar-refractivity contribution in [3.05, 3.63) is 29.3 Å². The van der Waals surface area contributed by atoms with Crippen LogP contribution in [0.3, 0.4) is 0 Å². The molecule has 0 amide bonds. The van der Waals surface area contributed by atoms with Crippen LogP contribution in [0.5, 0.6) is 5.75 Å². The third-order valence-electron chi connectivity index (χ3n) is 2.08. The van der Waals surface area contributed by atoms with Crippen LogP contribution < -0.4 is 4.74 Å². The highest BCUT2D eigenvalue weighted by atomic mass is 19.1.